The lowest BCUT2D eigenvalue weighted by atomic mass is 10.2. The molecule has 0 aliphatic carbocycles. The molecule has 1 unspecified atom stereocenters. The monoisotopic (exact) mass is 342 g/mol. The van der Waals surface area contributed by atoms with Crippen molar-refractivity contribution in [1.29, 1.82) is 0 Å². The highest BCUT2D eigenvalue weighted by atomic mass is 16.5. The fraction of sp³-hybridized carbons (Fsp3) is 0.474. The van der Waals surface area contributed by atoms with E-state index in [0.717, 1.165) is 42.3 Å². The minimum Gasteiger partial charge on any atom is -0.491 e. The summed E-state index contributed by atoms with van der Waals surface area (Å²) in [5.41, 5.74) is 1.09. The van der Waals surface area contributed by atoms with Gasteiger partial charge >= 0.3 is 0 Å². The lowest BCUT2D eigenvalue weighted by Crippen LogP contribution is -2.32. The first-order chi connectivity index (χ1) is 12.2. The molecule has 25 heavy (non-hydrogen) atoms. The Morgan fingerprint density at radius 3 is 2.96 bits per heavy atom. The molecule has 0 bridgehead atoms. The Labute approximate surface area is 148 Å². The van der Waals surface area contributed by atoms with Gasteiger partial charge in [0.05, 0.1) is 18.8 Å². The van der Waals surface area contributed by atoms with E-state index in [1.807, 2.05) is 38.1 Å². The summed E-state index contributed by atoms with van der Waals surface area (Å²) in [4.78, 5) is 10.8. The number of aromatic nitrogens is 2. The summed E-state index contributed by atoms with van der Waals surface area (Å²) in [5.74, 6) is 2.52. The summed E-state index contributed by atoms with van der Waals surface area (Å²) < 4.78 is 5.86. The van der Waals surface area contributed by atoms with Gasteiger partial charge in [0.25, 0.3) is 0 Å². The van der Waals surface area contributed by atoms with E-state index in [2.05, 4.69) is 26.3 Å². The maximum absolute atomic E-state index is 9.51. The molecule has 0 amide bonds. The van der Waals surface area contributed by atoms with Crippen molar-refractivity contribution in [1.82, 2.24) is 9.97 Å². The van der Waals surface area contributed by atoms with Crippen molar-refractivity contribution in [2.45, 2.75) is 45.4 Å². The van der Waals surface area contributed by atoms with E-state index in [1.165, 1.54) is 0 Å². The standard InChI is InChI=1S/C19H26N4O2/c1-14(2)25-17-8-4-3-6-15(17)11-20-18-10-19(22-13-21-18)23-9-5-7-16(23)12-24/h3-4,6,8,10,13-14,16,24H,5,7,9,11-12H2,1-2H3,(H,20,21,22). The van der Waals surface area contributed by atoms with Gasteiger partial charge in [-0.2, -0.15) is 0 Å². The highest BCUT2D eigenvalue weighted by molar-refractivity contribution is 5.50. The third kappa shape index (κ3) is 4.39. The SMILES string of the molecule is CC(C)Oc1ccccc1CNc1cc(N2CCCC2CO)ncn1. The molecule has 134 valence electrons. The number of benzene rings is 1. The molecule has 6 heteroatoms. The lowest BCUT2D eigenvalue weighted by molar-refractivity contribution is 0.240. The van der Waals surface area contributed by atoms with Gasteiger partial charge in [-0.05, 0) is 32.8 Å². The third-order valence-electron chi connectivity index (χ3n) is 4.33. The zero-order chi connectivity index (χ0) is 17.6. The van der Waals surface area contributed by atoms with Crippen LogP contribution in [-0.4, -0.2) is 40.4 Å². The van der Waals surface area contributed by atoms with Crippen LogP contribution in [0.25, 0.3) is 0 Å². The van der Waals surface area contributed by atoms with E-state index in [9.17, 15) is 5.11 Å². The number of hydrogen-bond acceptors (Lipinski definition) is 6. The second kappa shape index (κ2) is 8.16. The first kappa shape index (κ1) is 17.5. The molecule has 1 aromatic carbocycles. The van der Waals surface area contributed by atoms with Crippen molar-refractivity contribution >= 4 is 11.6 Å². The van der Waals surface area contributed by atoms with Crippen LogP contribution in [0.5, 0.6) is 5.75 Å². The molecule has 1 aliphatic rings. The Bertz CT molecular complexity index is 693. The van der Waals surface area contributed by atoms with Gasteiger partial charge in [0.15, 0.2) is 0 Å². The summed E-state index contributed by atoms with van der Waals surface area (Å²) in [6, 6.07) is 10.1. The number of nitrogens with one attached hydrogen (secondary N) is 1. The van der Waals surface area contributed by atoms with Gasteiger partial charge in [0, 0.05) is 24.7 Å². The van der Waals surface area contributed by atoms with Crippen LogP contribution in [0.4, 0.5) is 11.6 Å². The topological polar surface area (TPSA) is 70.5 Å². The number of para-hydroxylation sites is 1. The van der Waals surface area contributed by atoms with Crippen molar-refractivity contribution in [3.63, 3.8) is 0 Å². The highest BCUT2D eigenvalue weighted by Gasteiger charge is 2.25. The molecular formula is C19H26N4O2. The molecular weight excluding hydrogens is 316 g/mol. The molecule has 1 saturated heterocycles. The fourth-order valence-electron chi connectivity index (χ4n) is 3.13. The Morgan fingerprint density at radius 2 is 2.16 bits per heavy atom. The number of ether oxygens (including phenoxy) is 1. The van der Waals surface area contributed by atoms with Crippen LogP contribution < -0.4 is 15.0 Å². The second-order valence-corrected chi connectivity index (χ2v) is 6.56. The van der Waals surface area contributed by atoms with Crippen LogP contribution in [0.2, 0.25) is 0 Å². The predicted molar refractivity (Wildman–Crippen MR) is 99.0 cm³/mol. The average Bonchev–Trinajstić information content (AvgIpc) is 3.09. The van der Waals surface area contributed by atoms with E-state index in [0.29, 0.717) is 6.54 Å². The van der Waals surface area contributed by atoms with E-state index in [-0.39, 0.29) is 18.8 Å². The molecule has 1 aliphatic heterocycles. The first-order valence-corrected chi connectivity index (χ1v) is 8.85. The summed E-state index contributed by atoms with van der Waals surface area (Å²) in [7, 11) is 0. The normalized spacial score (nSPS) is 17.1. The van der Waals surface area contributed by atoms with Crippen LogP contribution >= 0.6 is 0 Å². The molecule has 2 heterocycles. The fourth-order valence-corrected chi connectivity index (χ4v) is 3.13. The Balaban J connectivity index is 1.69. The van der Waals surface area contributed by atoms with Crippen molar-refractivity contribution in [3.8, 4) is 5.75 Å². The average molecular weight is 342 g/mol. The van der Waals surface area contributed by atoms with Crippen LogP contribution in [0, 0.1) is 0 Å². The van der Waals surface area contributed by atoms with Gasteiger partial charge in [-0.3, -0.25) is 0 Å². The number of hydrogen-bond donors (Lipinski definition) is 2. The quantitative estimate of drug-likeness (QED) is 0.806. The molecule has 1 fully saturated rings. The molecule has 6 nitrogen and oxygen atoms in total. The van der Waals surface area contributed by atoms with Gasteiger partial charge in [-0.15, -0.1) is 0 Å². The van der Waals surface area contributed by atoms with Crippen molar-refractivity contribution in [3.05, 3.63) is 42.2 Å². The number of nitrogens with zero attached hydrogens (tertiary/aromatic N) is 3. The van der Waals surface area contributed by atoms with E-state index < -0.39 is 0 Å². The first-order valence-electron chi connectivity index (χ1n) is 8.85. The maximum Gasteiger partial charge on any atom is 0.134 e. The van der Waals surface area contributed by atoms with E-state index in [4.69, 9.17) is 4.74 Å². The Hall–Kier alpha value is -2.34. The largest absolute Gasteiger partial charge is 0.491 e. The van der Waals surface area contributed by atoms with Crippen molar-refractivity contribution in [2.24, 2.45) is 0 Å². The van der Waals surface area contributed by atoms with Gasteiger partial charge in [0.2, 0.25) is 0 Å². The van der Waals surface area contributed by atoms with Crippen LogP contribution in [0.15, 0.2) is 36.7 Å². The van der Waals surface area contributed by atoms with Crippen LogP contribution in [-0.2, 0) is 6.54 Å². The van der Waals surface area contributed by atoms with Crippen LogP contribution in [0.3, 0.4) is 0 Å². The number of aliphatic hydroxyl groups is 1. The summed E-state index contributed by atoms with van der Waals surface area (Å²) >= 11 is 0. The van der Waals surface area contributed by atoms with Gasteiger partial charge in [-0.25, -0.2) is 9.97 Å². The van der Waals surface area contributed by atoms with E-state index >= 15 is 0 Å². The summed E-state index contributed by atoms with van der Waals surface area (Å²) in [6.07, 6.45) is 3.79. The van der Waals surface area contributed by atoms with Gasteiger partial charge < -0.3 is 20.1 Å². The maximum atomic E-state index is 9.51. The second-order valence-electron chi connectivity index (χ2n) is 6.56. The molecule has 1 aromatic heterocycles. The predicted octanol–water partition coefficient (Wildman–Crippen LogP) is 2.84. The van der Waals surface area contributed by atoms with Crippen LogP contribution in [0.1, 0.15) is 32.3 Å². The minimum atomic E-state index is 0.136. The molecule has 1 atom stereocenters. The molecule has 0 radical (unpaired) electrons. The van der Waals surface area contributed by atoms with Gasteiger partial charge in [0.1, 0.15) is 23.7 Å². The minimum absolute atomic E-state index is 0.136. The summed E-state index contributed by atoms with van der Waals surface area (Å²) in [5, 5.41) is 12.9. The third-order valence-corrected chi connectivity index (χ3v) is 4.33. The van der Waals surface area contributed by atoms with Crippen molar-refractivity contribution < 1.29 is 9.84 Å². The number of aliphatic hydroxyl groups excluding tert-OH is 1. The lowest BCUT2D eigenvalue weighted by Gasteiger charge is -2.24. The van der Waals surface area contributed by atoms with Gasteiger partial charge in [-0.1, -0.05) is 18.2 Å². The number of rotatable bonds is 7. The Kier molecular flexibility index (Phi) is 5.71. The van der Waals surface area contributed by atoms with E-state index in [1.54, 1.807) is 6.33 Å². The zero-order valence-corrected chi connectivity index (χ0v) is 14.9. The Morgan fingerprint density at radius 1 is 1.32 bits per heavy atom. The highest BCUT2D eigenvalue weighted by Crippen LogP contribution is 2.25. The number of anilines is 2. The zero-order valence-electron chi connectivity index (χ0n) is 14.9. The smallest absolute Gasteiger partial charge is 0.134 e. The molecule has 2 aromatic rings. The molecule has 0 spiro atoms. The van der Waals surface area contributed by atoms with Crippen molar-refractivity contribution in [2.75, 3.05) is 23.4 Å². The summed E-state index contributed by atoms with van der Waals surface area (Å²) in [6.45, 7) is 5.76. The molecule has 2 N–H and O–H groups in total. The molecule has 0 saturated carbocycles. The molecule has 3 rings (SSSR count).